The second-order valence-corrected chi connectivity index (χ2v) is 4.89. The fourth-order valence-corrected chi connectivity index (χ4v) is 1.80. The van der Waals surface area contributed by atoms with Crippen LogP contribution in [0.3, 0.4) is 0 Å². The molecule has 0 aliphatic rings. The number of hydrogen-bond acceptors (Lipinski definition) is 3. The molecule has 0 N–H and O–H groups in total. The van der Waals surface area contributed by atoms with Crippen molar-refractivity contribution in [2.75, 3.05) is 0 Å². The summed E-state index contributed by atoms with van der Waals surface area (Å²) in [6.07, 6.45) is 4.69. The Morgan fingerprint density at radius 2 is 2.00 bits per heavy atom. The Morgan fingerprint density at radius 3 is 2.56 bits per heavy atom. The van der Waals surface area contributed by atoms with Gasteiger partial charge in [0.15, 0.2) is 5.78 Å². The third-order valence-electron chi connectivity index (χ3n) is 2.65. The molecule has 0 aromatic carbocycles. The number of aryl methyl sites for hydroxylation is 1. The number of hydrogen-bond donors (Lipinski definition) is 0. The van der Waals surface area contributed by atoms with Crippen molar-refractivity contribution in [2.24, 2.45) is 0 Å². The third kappa shape index (κ3) is 3.23. The molecule has 2 rings (SSSR count). The first-order valence-corrected chi connectivity index (χ1v) is 6.57. The lowest BCUT2D eigenvalue weighted by atomic mass is 10.1. The van der Waals surface area contributed by atoms with Crippen LogP contribution in [0.15, 0.2) is 41.1 Å². The monoisotopic (exact) mass is 304 g/mol. The van der Waals surface area contributed by atoms with Gasteiger partial charge in [-0.1, -0.05) is 13.0 Å². The van der Waals surface area contributed by atoms with Crippen molar-refractivity contribution in [1.29, 1.82) is 0 Å². The summed E-state index contributed by atoms with van der Waals surface area (Å²) >= 11 is 3.29. The van der Waals surface area contributed by atoms with Crippen LogP contribution >= 0.6 is 15.9 Å². The molecule has 92 valence electrons. The fourth-order valence-electron chi connectivity index (χ4n) is 1.56. The first-order chi connectivity index (χ1) is 8.69. The van der Waals surface area contributed by atoms with Gasteiger partial charge in [0.05, 0.1) is 6.42 Å². The van der Waals surface area contributed by atoms with Crippen molar-refractivity contribution < 1.29 is 4.79 Å². The number of nitrogens with zero attached hydrogens (tertiary/aromatic N) is 2. The summed E-state index contributed by atoms with van der Waals surface area (Å²) in [4.78, 5) is 20.3. The van der Waals surface area contributed by atoms with Gasteiger partial charge in [0.1, 0.15) is 5.69 Å². The van der Waals surface area contributed by atoms with E-state index in [0.717, 1.165) is 16.6 Å². The van der Waals surface area contributed by atoms with E-state index in [4.69, 9.17) is 0 Å². The predicted molar refractivity (Wildman–Crippen MR) is 73.6 cm³/mol. The Balaban J connectivity index is 2.08. The largest absolute Gasteiger partial charge is 0.292 e. The van der Waals surface area contributed by atoms with Crippen molar-refractivity contribution in [1.82, 2.24) is 9.97 Å². The molecular formula is C14H13BrN2O. The Kier molecular flexibility index (Phi) is 4.20. The Bertz CT molecular complexity index is 535. The SMILES string of the molecule is CCc1ccc(CC(=O)c2ccc(Br)cn2)nc1. The number of carbonyl (C=O) groups excluding carboxylic acids is 1. The topological polar surface area (TPSA) is 42.9 Å². The zero-order valence-electron chi connectivity index (χ0n) is 10.1. The number of Topliss-reactive ketones (excluding diaryl/α,β-unsaturated/α-hetero) is 1. The zero-order valence-corrected chi connectivity index (χ0v) is 11.6. The second kappa shape index (κ2) is 5.87. The number of rotatable bonds is 4. The molecule has 2 aromatic rings. The maximum Gasteiger partial charge on any atom is 0.187 e. The van der Waals surface area contributed by atoms with Crippen molar-refractivity contribution in [3.05, 3.63) is 58.1 Å². The summed E-state index contributed by atoms with van der Waals surface area (Å²) in [5.41, 5.74) is 2.43. The number of halogens is 1. The lowest BCUT2D eigenvalue weighted by molar-refractivity contribution is 0.0987. The lowest BCUT2D eigenvalue weighted by Gasteiger charge is -2.02. The smallest absolute Gasteiger partial charge is 0.187 e. The lowest BCUT2D eigenvalue weighted by Crippen LogP contribution is -2.07. The van der Waals surface area contributed by atoms with E-state index >= 15 is 0 Å². The van der Waals surface area contributed by atoms with Crippen LogP contribution in [-0.4, -0.2) is 15.8 Å². The first kappa shape index (κ1) is 12.9. The molecule has 0 radical (unpaired) electrons. The second-order valence-electron chi connectivity index (χ2n) is 3.97. The van der Waals surface area contributed by atoms with Crippen LogP contribution in [-0.2, 0) is 12.8 Å². The maximum atomic E-state index is 12.0. The maximum absolute atomic E-state index is 12.0. The Hall–Kier alpha value is -1.55. The van der Waals surface area contributed by atoms with E-state index in [9.17, 15) is 4.79 Å². The minimum atomic E-state index is -0.0146. The highest BCUT2D eigenvalue weighted by atomic mass is 79.9. The average molecular weight is 305 g/mol. The quantitative estimate of drug-likeness (QED) is 0.815. The van der Waals surface area contributed by atoms with Crippen LogP contribution in [0, 0.1) is 0 Å². The van der Waals surface area contributed by atoms with E-state index in [1.54, 1.807) is 12.3 Å². The highest BCUT2D eigenvalue weighted by Gasteiger charge is 2.09. The predicted octanol–water partition coefficient (Wildman–Crippen LogP) is 3.23. The minimum Gasteiger partial charge on any atom is -0.292 e. The van der Waals surface area contributed by atoms with Crippen LogP contribution in [0.4, 0.5) is 0 Å². The summed E-state index contributed by atoms with van der Waals surface area (Å²) in [6, 6.07) is 7.43. The van der Waals surface area contributed by atoms with E-state index < -0.39 is 0 Å². The van der Waals surface area contributed by atoms with Gasteiger partial charge in [-0.3, -0.25) is 14.8 Å². The molecule has 0 saturated heterocycles. The molecule has 0 spiro atoms. The van der Waals surface area contributed by atoms with E-state index in [1.165, 1.54) is 5.56 Å². The standard InChI is InChI=1S/C14H13BrN2O/c1-2-10-3-5-12(16-8-10)7-14(18)13-6-4-11(15)9-17-13/h3-6,8-9H,2,7H2,1H3. The number of aromatic nitrogens is 2. The zero-order chi connectivity index (χ0) is 13.0. The van der Waals surface area contributed by atoms with Gasteiger partial charge in [0.2, 0.25) is 0 Å². The molecule has 0 atom stereocenters. The summed E-state index contributed by atoms with van der Waals surface area (Å²) in [6.45, 7) is 2.08. The van der Waals surface area contributed by atoms with Crippen molar-refractivity contribution in [2.45, 2.75) is 19.8 Å². The highest BCUT2D eigenvalue weighted by Crippen LogP contribution is 2.10. The molecular weight excluding hydrogens is 292 g/mol. The van der Waals surface area contributed by atoms with Gasteiger partial charge in [-0.05, 0) is 46.1 Å². The first-order valence-electron chi connectivity index (χ1n) is 5.77. The molecule has 0 bridgehead atoms. The van der Waals surface area contributed by atoms with E-state index in [2.05, 4.69) is 32.8 Å². The highest BCUT2D eigenvalue weighted by molar-refractivity contribution is 9.10. The molecule has 4 heteroatoms. The Labute approximate surface area is 114 Å². The van der Waals surface area contributed by atoms with Crippen LogP contribution in [0.2, 0.25) is 0 Å². The van der Waals surface area contributed by atoms with Gasteiger partial charge in [0.25, 0.3) is 0 Å². The van der Waals surface area contributed by atoms with Crippen LogP contribution in [0.25, 0.3) is 0 Å². The average Bonchev–Trinajstić information content (AvgIpc) is 2.40. The summed E-state index contributed by atoms with van der Waals surface area (Å²) in [5.74, 6) is -0.0146. The van der Waals surface area contributed by atoms with Gasteiger partial charge < -0.3 is 0 Å². The van der Waals surface area contributed by atoms with Gasteiger partial charge in [-0.2, -0.15) is 0 Å². The summed E-state index contributed by atoms with van der Waals surface area (Å²) in [7, 11) is 0. The number of carbonyl (C=O) groups is 1. The third-order valence-corrected chi connectivity index (χ3v) is 3.12. The van der Waals surface area contributed by atoms with Crippen molar-refractivity contribution >= 4 is 21.7 Å². The molecule has 0 amide bonds. The van der Waals surface area contributed by atoms with Crippen molar-refractivity contribution in [3.8, 4) is 0 Å². The molecule has 3 nitrogen and oxygen atoms in total. The molecule has 0 aliphatic heterocycles. The number of pyridine rings is 2. The fraction of sp³-hybridized carbons (Fsp3) is 0.214. The molecule has 0 fully saturated rings. The van der Waals surface area contributed by atoms with Gasteiger partial charge in [0, 0.05) is 22.6 Å². The molecule has 2 heterocycles. The van der Waals surface area contributed by atoms with Crippen LogP contribution in [0.5, 0.6) is 0 Å². The van der Waals surface area contributed by atoms with Gasteiger partial charge >= 0.3 is 0 Å². The normalized spacial score (nSPS) is 10.3. The summed E-state index contributed by atoms with van der Waals surface area (Å²) < 4.78 is 0.865. The van der Waals surface area contributed by atoms with Crippen molar-refractivity contribution in [3.63, 3.8) is 0 Å². The van der Waals surface area contributed by atoms with Gasteiger partial charge in [-0.15, -0.1) is 0 Å². The van der Waals surface area contributed by atoms with Crippen LogP contribution < -0.4 is 0 Å². The van der Waals surface area contributed by atoms with Gasteiger partial charge in [-0.25, -0.2) is 0 Å². The minimum absolute atomic E-state index is 0.0146. The summed E-state index contributed by atoms with van der Waals surface area (Å²) in [5, 5.41) is 0. The number of ketones is 1. The molecule has 18 heavy (non-hydrogen) atoms. The van der Waals surface area contributed by atoms with E-state index in [0.29, 0.717) is 12.1 Å². The molecule has 0 saturated carbocycles. The van der Waals surface area contributed by atoms with E-state index in [1.807, 2.05) is 24.4 Å². The van der Waals surface area contributed by atoms with Crippen LogP contribution in [0.1, 0.15) is 28.7 Å². The van der Waals surface area contributed by atoms with E-state index in [-0.39, 0.29) is 5.78 Å². The molecule has 0 unspecified atom stereocenters. The molecule has 0 aliphatic carbocycles. The molecule has 2 aromatic heterocycles. The Morgan fingerprint density at radius 1 is 1.17 bits per heavy atom.